The zero-order valence-corrected chi connectivity index (χ0v) is 10.9. The van der Waals surface area contributed by atoms with E-state index in [1.54, 1.807) is 0 Å². The summed E-state index contributed by atoms with van der Waals surface area (Å²) in [6.07, 6.45) is 0. The molecule has 0 fully saturated rings. The van der Waals surface area contributed by atoms with Gasteiger partial charge in [0, 0.05) is 0 Å². The first-order chi connectivity index (χ1) is 6.18. The van der Waals surface area contributed by atoms with Crippen molar-refractivity contribution >= 4 is 8.60 Å². The minimum absolute atomic E-state index is 0.312. The van der Waals surface area contributed by atoms with Crippen LogP contribution in [0.2, 0.25) is 0 Å². The quantitative estimate of drug-likeness (QED) is 0.703. The number of rotatable bonds is 5. The highest BCUT2D eigenvalue weighted by molar-refractivity contribution is 7.39. The zero-order valence-electron chi connectivity index (χ0n) is 9.98. The lowest BCUT2D eigenvalue weighted by Crippen LogP contribution is -2.39. The monoisotopic (exact) mass is 222 g/mol. The lowest BCUT2D eigenvalue weighted by Gasteiger charge is -2.39. The summed E-state index contributed by atoms with van der Waals surface area (Å²) in [7, 11) is -2.27. The molecule has 2 N–H and O–H groups in total. The maximum Gasteiger partial charge on any atom is 0.327 e. The molecule has 0 aromatic heterocycles. The average molecular weight is 222 g/mol. The fourth-order valence-electron chi connectivity index (χ4n) is 2.65. The van der Waals surface area contributed by atoms with E-state index in [0.29, 0.717) is 17.8 Å². The topological polar surface area (TPSA) is 49.7 Å². The van der Waals surface area contributed by atoms with E-state index in [4.69, 9.17) is 14.3 Å². The Kier molecular flexibility index (Phi) is 5.53. The molecule has 0 unspecified atom stereocenters. The molecule has 0 rings (SSSR count). The molecule has 0 saturated heterocycles. The van der Waals surface area contributed by atoms with Gasteiger partial charge in [-0.1, -0.05) is 27.7 Å². The van der Waals surface area contributed by atoms with Crippen molar-refractivity contribution in [3.63, 3.8) is 0 Å². The van der Waals surface area contributed by atoms with E-state index < -0.39 is 14.2 Å². The Morgan fingerprint density at radius 2 is 1.36 bits per heavy atom. The first kappa shape index (κ1) is 14.3. The van der Waals surface area contributed by atoms with Crippen molar-refractivity contribution in [1.82, 2.24) is 0 Å². The van der Waals surface area contributed by atoms with Crippen LogP contribution in [0.25, 0.3) is 0 Å². The summed E-state index contributed by atoms with van der Waals surface area (Å²) in [5.74, 6) is 1.23. The van der Waals surface area contributed by atoms with Crippen LogP contribution in [-0.2, 0) is 4.52 Å². The van der Waals surface area contributed by atoms with Crippen LogP contribution >= 0.6 is 8.60 Å². The lowest BCUT2D eigenvalue weighted by molar-refractivity contribution is -0.0110. The van der Waals surface area contributed by atoms with Crippen molar-refractivity contribution < 1.29 is 14.3 Å². The summed E-state index contributed by atoms with van der Waals surface area (Å²) in [4.78, 5) is 17.8. The minimum Gasteiger partial charge on any atom is -0.328 e. The fraction of sp³-hybridized carbons (Fsp3) is 1.00. The summed E-state index contributed by atoms with van der Waals surface area (Å²) >= 11 is 0. The highest BCUT2D eigenvalue weighted by Gasteiger charge is 2.36. The van der Waals surface area contributed by atoms with E-state index in [1.807, 2.05) is 13.8 Å². The normalized spacial score (nSPS) is 13.7. The Labute approximate surface area is 88.5 Å². The average Bonchev–Trinajstić information content (AvgIpc) is 1.77. The molecular weight excluding hydrogens is 199 g/mol. The molecule has 14 heavy (non-hydrogen) atoms. The van der Waals surface area contributed by atoms with Crippen molar-refractivity contribution in [3.8, 4) is 0 Å². The number of hydrogen-bond donors (Lipinski definition) is 2. The lowest BCUT2D eigenvalue weighted by atomic mass is 9.75. The van der Waals surface area contributed by atoms with Crippen molar-refractivity contribution in [2.75, 3.05) is 0 Å². The predicted molar refractivity (Wildman–Crippen MR) is 59.7 cm³/mol. The Morgan fingerprint density at radius 3 is 1.57 bits per heavy atom. The van der Waals surface area contributed by atoms with Gasteiger partial charge in [-0.3, -0.25) is 0 Å². The van der Waals surface area contributed by atoms with Gasteiger partial charge in [-0.2, -0.15) is 0 Å². The van der Waals surface area contributed by atoms with Gasteiger partial charge in [0.1, 0.15) is 0 Å². The van der Waals surface area contributed by atoms with Crippen molar-refractivity contribution in [1.29, 1.82) is 0 Å². The molecule has 0 aliphatic carbocycles. The molecule has 0 aromatic rings. The third-order valence-electron chi connectivity index (χ3n) is 2.56. The van der Waals surface area contributed by atoms with E-state index in [1.165, 1.54) is 0 Å². The molecule has 4 heteroatoms. The smallest absolute Gasteiger partial charge is 0.327 e. The Hall–Kier alpha value is 0.310. The first-order valence-corrected chi connectivity index (χ1v) is 6.22. The van der Waals surface area contributed by atoms with Crippen LogP contribution in [0.15, 0.2) is 0 Å². The van der Waals surface area contributed by atoms with Crippen LogP contribution in [-0.4, -0.2) is 15.4 Å². The second-order valence-corrected chi connectivity index (χ2v) is 5.65. The Balaban J connectivity index is 4.62. The molecule has 0 amide bonds. The van der Waals surface area contributed by atoms with Crippen LogP contribution in [0.5, 0.6) is 0 Å². The Morgan fingerprint density at radius 1 is 1.00 bits per heavy atom. The van der Waals surface area contributed by atoms with Gasteiger partial charge in [0.2, 0.25) is 0 Å². The molecule has 0 bridgehead atoms. The van der Waals surface area contributed by atoms with E-state index in [0.717, 1.165) is 0 Å². The summed E-state index contributed by atoms with van der Waals surface area (Å²) in [6, 6.07) is 0. The number of hydrogen-bond acceptors (Lipinski definition) is 3. The predicted octanol–water partition coefficient (Wildman–Crippen LogP) is 2.92. The largest absolute Gasteiger partial charge is 0.328 e. The Bertz CT molecular complexity index is 159. The van der Waals surface area contributed by atoms with Crippen molar-refractivity contribution in [3.05, 3.63) is 0 Å². The fourth-order valence-corrected chi connectivity index (χ4v) is 3.19. The molecule has 0 atom stereocenters. The highest BCUT2D eigenvalue weighted by Crippen LogP contribution is 2.41. The van der Waals surface area contributed by atoms with Gasteiger partial charge in [-0.05, 0) is 31.6 Å². The summed E-state index contributed by atoms with van der Waals surface area (Å²) in [5.41, 5.74) is -0.489. The maximum absolute atomic E-state index is 8.90. The third-order valence-corrected chi connectivity index (χ3v) is 3.19. The second-order valence-electron chi connectivity index (χ2n) is 4.96. The summed E-state index contributed by atoms with van der Waals surface area (Å²) in [6.45, 7) is 12.4. The van der Waals surface area contributed by atoms with Gasteiger partial charge >= 0.3 is 8.60 Å². The molecule has 0 aromatic carbocycles. The summed E-state index contributed by atoms with van der Waals surface area (Å²) < 4.78 is 5.20. The molecule has 0 spiro atoms. The van der Waals surface area contributed by atoms with Gasteiger partial charge in [-0.25, -0.2) is 0 Å². The zero-order chi connectivity index (χ0) is 11.5. The molecule has 3 nitrogen and oxygen atoms in total. The molecule has 86 valence electrons. The van der Waals surface area contributed by atoms with Crippen LogP contribution in [0.4, 0.5) is 0 Å². The van der Waals surface area contributed by atoms with Crippen LogP contribution < -0.4 is 0 Å². The van der Waals surface area contributed by atoms with Crippen LogP contribution in [0, 0.1) is 17.8 Å². The van der Waals surface area contributed by atoms with E-state index in [2.05, 4.69) is 27.7 Å². The van der Waals surface area contributed by atoms with Gasteiger partial charge in [0.15, 0.2) is 0 Å². The molecule has 0 aliphatic heterocycles. The minimum atomic E-state index is -2.27. The summed E-state index contributed by atoms with van der Waals surface area (Å²) in [5, 5.41) is 0. The van der Waals surface area contributed by atoms with Crippen molar-refractivity contribution in [2.24, 2.45) is 17.8 Å². The van der Waals surface area contributed by atoms with E-state index in [-0.39, 0.29) is 0 Å². The third kappa shape index (κ3) is 4.22. The first-order valence-electron chi connectivity index (χ1n) is 5.05. The SMILES string of the molecule is CC(C)C(C(C)C)C(C)(C)OP(O)O. The molecular formula is C10H23O3P. The van der Waals surface area contributed by atoms with Gasteiger partial charge in [-0.15, -0.1) is 0 Å². The second kappa shape index (κ2) is 5.41. The maximum atomic E-state index is 8.90. The van der Waals surface area contributed by atoms with E-state index >= 15 is 0 Å². The van der Waals surface area contributed by atoms with Gasteiger partial charge < -0.3 is 14.3 Å². The van der Waals surface area contributed by atoms with Gasteiger partial charge in [0.05, 0.1) is 5.60 Å². The molecule has 0 saturated carbocycles. The highest BCUT2D eigenvalue weighted by atomic mass is 31.2. The molecule has 0 aliphatic rings. The van der Waals surface area contributed by atoms with E-state index in [9.17, 15) is 0 Å². The molecule has 0 heterocycles. The molecule has 0 radical (unpaired) electrons. The van der Waals surface area contributed by atoms with Crippen LogP contribution in [0.3, 0.4) is 0 Å². The van der Waals surface area contributed by atoms with Crippen molar-refractivity contribution in [2.45, 2.75) is 47.1 Å². The van der Waals surface area contributed by atoms with Gasteiger partial charge in [0.25, 0.3) is 0 Å². The standard InChI is InChI=1S/C10H23O3P/c1-7(2)9(8(3)4)10(5,6)13-14(11)12/h7-9,11-12H,1-6H3. The van der Waals surface area contributed by atoms with Crippen LogP contribution in [0.1, 0.15) is 41.5 Å².